The Labute approximate surface area is 110 Å². The molecule has 1 saturated heterocycles. The molecule has 1 heterocycles. The van der Waals surface area contributed by atoms with Gasteiger partial charge in [0.1, 0.15) is 0 Å². The van der Waals surface area contributed by atoms with E-state index in [0.29, 0.717) is 26.2 Å². The summed E-state index contributed by atoms with van der Waals surface area (Å²) < 4.78 is 28.7. The minimum Gasteiger partial charge on any atom is -0.330 e. The zero-order valence-electron chi connectivity index (χ0n) is 11.1. The number of nitrogens with zero attached hydrogens (tertiary/aromatic N) is 2. The molecule has 2 fully saturated rings. The van der Waals surface area contributed by atoms with Crippen LogP contribution < -0.4 is 5.73 Å². The molecule has 0 bridgehead atoms. The SMILES string of the molecule is NCCCN(C1CCCC1)S(=O)(=O)N1CCCC1. The molecule has 2 rings (SSSR count). The van der Waals surface area contributed by atoms with Gasteiger partial charge in [-0.3, -0.25) is 0 Å². The van der Waals surface area contributed by atoms with Crippen LogP contribution in [-0.2, 0) is 10.2 Å². The van der Waals surface area contributed by atoms with Crippen molar-refractivity contribution < 1.29 is 8.42 Å². The normalized spacial score (nSPS) is 23.2. The first-order valence-electron chi connectivity index (χ1n) is 7.13. The van der Waals surface area contributed by atoms with Crippen LogP contribution in [0.2, 0.25) is 0 Å². The minimum atomic E-state index is -3.25. The third-order valence-corrected chi connectivity index (χ3v) is 6.09. The lowest BCUT2D eigenvalue weighted by atomic mass is 10.2. The van der Waals surface area contributed by atoms with Gasteiger partial charge in [0.25, 0.3) is 10.2 Å². The Hall–Kier alpha value is -0.170. The summed E-state index contributed by atoms with van der Waals surface area (Å²) in [4.78, 5) is 0. The zero-order chi connectivity index (χ0) is 13.0. The topological polar surface area (TPSA) is 66.6 Å². The summed E-state index contributed by atoms with van der Waals surface area (Å²) in [6.07, 6.45) is 7.07. The van der Waals surface area contributed by atoms with Crippen molar-refractivity contribution in [2.24, 2.45) is 5.73 Å². The van der Waals surface area contributed by atoms with Crippen molar-refractivity contribution in [2.45, 2.75) is 51.0 Å². The van der Waals surface area contributed by atoms with E-state index in [4.69, 9.17) is 5.73 Å². The minimum absolute atomic E-state index is 0.210. The fourth-order valence-corrected chi connectivity index (χ4v) is 4.96. The maximum Gasteiger partial charge on any atom is 0.282 e. The fourth-order valence-electron chi connectivity index (χ4n) is 2.99. The fraction of sp³-hybridized carbons (Fsp3) is 1.00. The Morgan fingerprint density at radius 1 is 1.11 bits per heavy atom. The molecule has 106 valence electrons. The van der Waals surface area contributed by atoms with E-state index < -0.39 is 10.2 Å². The summed E-state index contributed by atoms with van der Waals surface area (Å²) in [5, 5.41) is 0. The third-order valence-electron chi connectivity index (χ3n) is 4.00. The lowest BCUT2D eigenvalue weighted by Crippen LogP contribution is -2.47. The maximum atomic E-state index is 12.6. The Morgan fingerprint density at radius 3 is 2.28 bits per heavy atom. The molecule has 2 N–H and O–H groups in total. The first kappa shape index (κ1) is 14.2. The van der Waals surface area contributed by atoms with Gasteiger partial charge in [-0.1, -0.05) is 12.8 Å². The van der Waals surface area contributed by atoms with Crippen LogP contribution in [0.1, 0.15) is 44.9 Å². The Morgan fingerprint density at radius 2 is 1.72 bits per heavy atom. The summed E-state index contributed by atoms with van der Waals surface area (Å²) >= 11 is 0. The molecule has 0 aromatic rings. The predicted octanol–water partition coefficient (Wildman–Crippen LogP) is 0.920. The van der Waals surface area contributed by atoms with Gasteiger partial charge >= 0.3 is 0 Å². The Kier molecular flexibility index (Phi) is 5.00. The van der Waals surface area contributed by atoms with E-state index in [1.54, 1.807) is 8.61 Å². The van der Waals surface area contributed by atoms with Crippen LogP contribution in [0.25, 0.3) is 0 Å². The average molecular weight is 275 g/mol. The quantitative estimate of drug-likeness (QED) is 0.784. The molecular weight excluding hydrogens is 250 g/mol. The third kappa shape index (κ3) is 3.04. The number of nitrogens with two attached hydrogens (primary N) is 1. The molecule has 0 radical (unpaired) electrons. The molecule has 5 nitrogen and oxygen atoms in total. The van der Waals surface area contributed by atoms with Gasteiger partial charge in [0.05, 0.1) is 0 Å². The van der Waals surface area contributed by atoms with Crippen LogP contribution in [0.3, 0.4) is 0 Å². The highest BCUT2D eigenvalue weighted by molar-refractivity contribution is 7.86. The molecule has 0 aromatic carbocycles. The summed E-state index contributed by atoms with van der Waals surface area (Å²) in [5.74, 6) is 0. The second kappa shape index (κ2) is 6.32. The molecule has 0 atom stereocenters. The summed E-state index contributed by atoms with van der Waals surface area (Å²) in [7, 11) is -3.25. The van der Waals surface area contributed by atoms with E-state index >= 15 is 0 Å². The molecule has 0 aromatic heterocycles. The van der Waals surface area contributed by atoms with Crippen molar-refractivity contribution in [1.82, 2.24) is 8.61 Å². The Bertz CT molecular complexity index is 346. The average Bonchev–Trinajstić information content (AvgIpc) is 3.02. The number of hydrogen-bond donors (Lipinski definition) is 1. The van der Waals surface area contributed by atoms with Gasteiger partial charge in [0.2, 0.25) is 0 Å². The molecule has 6 heteroatoms. The highest BCUT2D eigenvalue weighted by Gasteiger charge is 2.36. The molecule has 0 spiro atoms. The highest BCUT2D eigenvalue weighted by atomic mass is 32.2. The van der Waals surface area contributed by atoms with E-state index in [9.17, 15) is 8.42 Å². The van der Waals surface area contributed by atoms with Gasteiger partial charge in [-0.2, -0.15) is 17.0 Å². The van der Waals surface area contributed by atoms with Crippen LogP contribution in [0.4, 0.5) is 0 Å². The largest absolute Gasteiger partial charge is 0.330 e. The van der Waals surface area contributed by atoms with Crippen LogP contribution in [0, 0.1) is 0 Å². The zero-order valence-corrected chi connectivity index (χ0v) is 11.9. The van der Waals surface area contributed by atoms with Crippen molar-refractivity contribution in [3.8, 4) is 0 Å². The molecular formula is C12H25N3O2S. The summed E-state index contributed by atoms with van der Waals surface area (Å²) in [6.45, 7) is 2.51. The second-order valence-corrected chi connectivity index (χ2v) is 7.19. The van der Waals surface area contributed by atoms with Crippen LogP contribution in [0.15, 0.2) is 0 Å². The second-order valence-electron chi connectivity index (χ2n) is 5.31. The molecule has 1 aliphatic heterocycles. The maximum absolute atomic E-state index is 12.6. The van der Waals surface area contributed by atoms with Crippen molar-refractivity contribution >= 4 is 10.2 Å². The molecule has 1 aliphatic carbocycles. The standard InChI is InChI=1S/C12H25N3O2S/c13-8-5-11-15(12-6-1-2-7-12)18(16,17)14-9-3-4-10-14/h12H,1-11,13H2. The predicted molar refractivity (Wildman–Crippen MR) is 72.4 cm³/mol. The molecule has 0 unspecified atom stereocenters. The highest BCUT2D eigenvalue weighted by Crippen LogP contribution is 2.28. The molecule has 2 aliphatic rings. The number of hydrogen-bond acceptors (Lipinski definition) is 3. The van der Waals surface area contributed by atoms with E-state index in [2.05, 4.69) is 0 Å². The molecule has 1 saturated carbocycles. The van der Waals surface area contributed by atoms with E-state index in [-0.39, 0.29) is 6.04 Å². The van der Waals surface area contributed by atoms with E-state index in [0.717, 1.165) is 44.9 Å². The molecule has 0 amide bonds. The van der Waals surface area contributed by atoms with E-state index in [1.807, 2.05) is 0 Å². The van der Waals surface area contributed by atoms with Gasteiger partial charge in [-0.25, -0.2) is 0 Å². The first-order valence-corrected chi connectivity index (χ1v) is 8.53. The van der Waals surface area contributed by atoms with Gasteiger partial charge in [0, 0.05) is 25.7 Å². The van der Waals surface area contributed by atoms with Crippen LogP contribution in [-0.4, -0.2) is 49.2 Å². The summed E-state index contributed by atoms with van der Waals surface area (Å²) in [5.41, 5.74) is 5.54. The van der Waals surface area contributed by atoms with Crippen molar-refractivity contribution in [3.05, 3.63) is 0 Å². The first-order chi connectivity index (χ1) is 8.66. The molecule has 18 heavy (non-hydrogen) atoms. The summed E-state index contributed by atoms with van der Waals surface area (Å²) in [6, 6.07) is 0.210. The van der Waals surface area contributed by atoms with Gasteiger partial charge in [0.15, 0.2) is 0 Å². The van der Waals surface area contributed by atoms with Crippen molar-refractivity contribution in [1.29, 1.82) is 0 Å². The van der Waals surface area contributed by atoms with Crippen molar-refractivity contribution in [2.75, 3.05) is 26.2 Å². The van der Waals surface area contributed by atoms with Gasteiger partial charge < -0.3 is 5.73 Å². The van der Waals surface area contributed by atoms with Gasteiger partial charge in [-0.05, 0) is 38.6 Å². The van der Waals surface area contributed by atoms with Crippen molar-refractivity contribution in [3.63, 3.8) is 0 Å². The van der Waals surface area contributed by atoms with E-state index in [1.165, 1.54) is 0 Å². The Balaban J connectivity index is 2.10. The monoisotopic (exact) mass is 275 g/mol. The van der Waals surface area contributed by atoms with Gasteiger partial charge in [-0.15, -0.1) is 0 Å². The number of rotatable bonds is 6. The van der Waals surface area contributed by atoms with Crippen LogP contribution >= 0.6 is 0 Å². The lowest BCUT2D eigenvalue weighted by Gasteiger charge is -2.31. The lowest BCUT2D eigenvalue weighted by molar-refractivity contribution is 0.292. The van der Waals surface area contributed by atoms with Crippen LogP contribution in [0.5, 0.6) is 0 Å². The smallest absolute Gasteiger partial charge is 0.282 e.